The van der Waals surface area contributed by atoms with E-state index >= 15 is 0 Å². The number of aromatic nitrogens is 1. The molecule has 0 bridgehead atoms. The monoisotopic (exact) mass is 589 g/mol. The standard InChI is InChI=1S/C32H35N3O4S2/c1-19-8-14-22(15-9-19)35-28(37)25-24(20-10-12-21(13-11-20)32(2,3)4)27-30(40-26(25)29(35)38)34(31(39)41-27)18-23(36)33-16-6-5-7-17-33/h8-15,24-26H,5-7,16-18H2,1-4H3/t24-,25?,26?/m1/s1. The molecule has 6 rings (SSSR count). The van der Waals surface area contributed by atoms with Gasteiger partial charge in [-0.15, -0.1) is 0 Å². The molecule has 4 heterocycles. The van der Waals surface area contributed by atoms with Gasteiger partial charge >= 0.3 is 4.87 Å². The fraction of sp³-hybridized carbons (Fsp3) is 0.438. The first-order valence-corrected chi connectivity index (χ1v) is 16.0. The zero-order chi connectivity index (χ0) is 29.1. The number of benzene rings is 2. The van der Waals surface area contributed by atoms with Crippen molar-refractivity contribution in [2.45, 2.75) is 75.1 Å². The largest absolute Gasteiger partial charge is 0.341 e. The number of amides is 3. The molecule has 0 N–H and O–H groups in total. The van der Waals surface area contributed by atoms with E-state index in [0.29, 0.717) is 23.8 Å². The lowest BCUT2D eigenvalue weighted by Crippen LogP contribution is -2.39. The van der Waals surface area contributed by atoms with E-state index in [4.69, 9.17) is 0 Å². The van der Waals surface area contributed by atoms with Gasteiger partial charge in [0, 0.05) is 23.9 Å². The van der Waals surface area contributed by atoms with Crippen molar-refractivity contribution in [2.75, 3.05) is 18.0 Å². The summed E-state index contributed by atoms with van der Waals surface area (Å²) >= 11 is 2.38. The Kier molecular flexibility index (Phi) is 7.22. The molecular weight excluding hydrogens is 555 g/mol. The van der Waals surface area contributed by atoms with Crippen LogP contribution in [0.4, 0.5) is 5.69 Å². The first-order chi connectivity index (χ1) is 19.5. The van der Waals surface area contributed by atoms with Crippen LogP contribution in [0.25, 0.3) is 0 Å². The molecule has 2 saturated heterocycles. The van der Waals surface area contributed by atoms with Crippen molar-refractivity contribution in [1.29, 1.82) is 0 Å². The van der Waals surface area contributed by atoms with Crippen LogP contribution in [0.5, 0.6) is 0 Å². The summed E-state index contributed by atoms with van der Waals surface area (Å²) in [6.45, 7) is 9.78. The molecule has 0 aliphatic carbocycles. The lowest BCUT2D eigenvalue weighted by molar-refractivity contribution is -0.133. The highest BCUT2D eigenvalue weighted by atomic mass is 32.2. The summed E-state index contributed by atoms with van der Waals surface area (Å²) < 4.78 is 1.54. The molecule has 3 aliphatic heterocycles. The van der Waals surface area contributed by atoms with E-state index in [2.05, 4.69) is 32.9 Å². The van der Waals surface area contributed by atoms with Crippen molar-refractivity contribution in [1.82, 2.24) is 9.47 Å². The van der Waals surface area contributed by atoms with Crippen LogP contribution in [0, 0.1) is 12.8 Å². The average molecular weight is 590 g/mol. The van der Waals surface area contributed by atoms with Crippen LogP contribution in [0.15, 0.2) is 58.4 Å². The molecule has 1 aromatic heterocycles. The number of carbonyl (C=O) groups is 3. The minimum atomic E-state index is -0.686. The number of rotatable bonds is 4. The Labute approximate surface area is 248 Å². The van der Waals surface area contributed by atoms with Gasteiger partial charge in [0.1, 0.15) is 11.8 Å². The van der Waals surface area contributed by atoms with E-state index in [1.165, 1.54) is 16.7 Å². The molecule has 0 radical (unpaired) electrons. The molecule has 41 heavy (non-hydrogen) atoms. The molecule has 3 aromatic rings. The van der Waals surface area contributed by atoms with Crippen molar-refractivity contribution < 1.29 is 14.4 Å². The zero-order valence-corrected chi connectivity index (χ0v) is 25.5. The molecule has 3 amide bonds. The van der Waals surface area contributed by atoms with Crippen molar-refractivity contribution >= 4 is 46.5 Å². The third-order valence-electron chi connectivity index (χ3n) is 8.48. The SMILES string of the molecule is Cc1ccc(N2C(=O)C3Sc4c(sc(=O)n4CC(=O)N4CCCCC4)[C@H](c4ccc(C(C)(C)C)cc4)C3C2=O)cc1. The molecule has 7 nitrogen and oxygen atoms in total. The Hall–Kier alpha value is -3.17. The number of hydrogen-bond acceptors (Lipinski definition) is 6. The lowest BCUT2D eigenvalue weighted by Gasteiger charge is -2.31. The Balaban J connectivity index is 1.44. The minimum absolute atomic E-state index is 0.0427. The first kappa shape index (κ1) is 28.0. The average Bonchev–Trinajstić information content (AvgIpc) is 3.40. The predicted octanol–water partition coefficient (Wildman–Crippen LogP) is 5.32. The van der Waals surface area contributed by atoms with Crippen LogP contribution < -0.4 is 9.77 Å². The second-order valence-corrected chi connectivity index (χ2v) is 14.4. The third-order valence-corrected chi connectivity index (χ3v) is 11.1. The van der Waals surface area contributed by atoms with Gasteiger partial charge in [0.2, 0.25) is 17.7 Å². The molecule has 2 aromatic carbocycles. The van der Waals surface area contributed by atoms with Gasteiger partial charge in [-0.1, -0.05) is 85.8 Å². The highest BCUT2D eigenvalue weighted by Gasteiger charge is 2.56. The summed E-state index contributed by atoms with van der Waals surface area (Å²) in [7, 11) is 0. The molecular formula is C32H35N3O4S2. The second-order valence-electron chi connectivity index (χ2n) is 12.3. The number of carbonyl (C=O) groups excluding carboxylic acids is 3. The lowest BCUT2D eigenvalue weighted by atomic mass is 9.81. The number of thiazole rings is 1. The summed E-state index contributed by atoms with van der Waals surface area (Å²) in [5.74, 6) is -1.70. The van der Waals surface area contributed by atoms with Crippen LogP contribution in [-0.4, -0.2) is 45.5 Å². The fourth-order valence-electron chi connectivity index (χ4n) is 6.13. The maximum atomic E-state index is 14.1. The van der Waals surface area contributed by atoms with E-state index in [1.54, 1.807) is 4.57 Å². The van der Waals surface area contributed by atoms with E-state index in [9.17, 15) is 19.2 Å². The van der Waals surface area contributed by atoms with E-state index < -0.39 is 17.1 Å². The van der Waals surface area contributed by atoms with Crippen LogP contribution in [0.3, 0.4) is 0 Å². The number of thioether (sulfide) groups is 1. The van der Waals surface area contributed by atoms with E-state index in [0.717, 1.165) is 52.2 Å². The predicted molar refractivity (Wildman–Crippen MR) is 163 cm³/mol. The first-order valence-electron chi connectivity index (χ1n) is 14.3. The van der Waals surface area contributed by atoms with Crippen molar-refractivity contribution in [3.63, 3.8) is 0 Å². The zero-order valence-electron chi connectivity index (χ0n) is 23.9. The number of anilines is 1. The molecule has 9 heteroatoms. The van der Waals surface area contributed by atoms with Crippen LogP contribution in [-0.2, 0) is 26.3 Å². The highest BCUT2D eigenvalue weighted by molar-refractivity contribution is 8.00. The molecule has 3 aliphatic rings. The van der Waals surface area contributed by atoms with Crippen LogP contribution in [0.1, 0.15) is 67.5 Å². The van der Waals surface area contributed by atoms with E-state index in [-0.39, 0.29) is 34.6 Å². The summed E-state index contributed by atoms with van der Waals surface area (Å²) in [5.41, 5.74) is 3.62. The van der Waals surface area contributed by atoms with Gasteiger partial charge in [-0.05, 0) is 54.9 Å². The Morgan fingerprint density at radius 1 is 0.902 bits per heavy atom. The van der Waals surface area contributed by atoms with Crippen molar-refractivity contribution in [3.8, 4) is 0 Å². The van der Waals surface area contributed by atoms with E-state index in [1.807, 2.05) is 48.2 Å². The summed E-state index contributed by atoms with van der Waals surface area (Å²) in [5, 5.41) is -0.0441. The van der Waals surface area contributed by atoms with Crippen molar-refractivity contribution in [3.05, 3.63) is 79.8 Å². The molecule has 0 spiro atoms. The maximum Gasteiger partial charge on any atom is 0.308 e. The normalized spacial score (nSPS) is 22.6. The van der Waals surface area contributed by atoms with Crippen LogP contribution >= 0.6 is 23.1 Å². The van der Waals surface area contributed by atoms with Gasteiger partial charge in [0.25, 0.3) is 0 Å². The molecule has 2 unspecified atom stereocenters. The van der Waals surface area contributed by atoms with Gasteiger partial charge in [-0.25, -0.2) is 4.90 Å². The molecule has 214 valence electrons. The second kappa shape index (κ2) is 10.6. The minimum Gasteiger partial charge on any atom is -0.341 e. The number of hydrogen-bond donors (Lipinski definition) is 0. The molecule has 0 saturated carbocycles. The number of nitrogens with zero attached hydrogens (tertiary/aromatic N) is 3. The number of aryl methyl sites for hydroxylation is 1. The van der Waals surface area contributed by atoms with Gasteiger partial charge in [0.15, 0.2) is 0 Å². The third kappa shape index (κ3) is 4.97. The van der Waals surface area contributed by atoms with Gasteiger partial charge in [0.05, 0.1) is 16.6 Å². The highest BCUT2D eigenvalue weighted by Crippen LogP contribution is 2.54. The Morgan fingerprint density at radius 3 is 2.20 bits per heavy atom. The fourth-order valence-corrected chi connectivity index (χ4v) is 8.90. The van der Waals surface area contributed by atoms with Crippen molar-refractivity contribution in [2.24, 2.45) is 5.92 Å². The van der Waals surface area contributed by atoms with Gasteiger partial charge < -0.3 is 4.90 Å². The van der Waals surface area contributed by atoms with Gasteiger partial charge in [-0.3, -0.25) is 23.7 Å². The Bertz CT molecular complexity index is 1560. The topological polar surface area (TPSA) is 79.7 Å². The summed E-state index contributed by atoms with van der Waals surface area (Å²) in [6, 6.07) is 15.6. The number of piperidine rings is 1. The number of imide groups is 1. The van der Waals surface area contributed by atoms with Crippen LogP contribution in [0.2, 0.25) is 0 Å². The smallest absolute Gasteiger partial charge is 0.308 e. The maximum absolute atomic E-state index is 14.1. The number of likely N-dealkylation sites (tertiary alicyclic amines) is 1. The molecule has 3 atom stereocenters. The Morgan fingerprint density at radius 2 is 1.56 bits per heavy atom. The molecule has 2 fully saturated rings. The summed E-state index contributed by atoms with van der Waals surface area (Å²) in [4.78, 5) is 58.3. The summed E-state index contributed by atoms with van der Waals surface area (Å²) in [6.07, 6.45) is 3.05. The quantitative estimate of drug-likeness (QED) is 0.385. The number of fused-ring (bicyclic) bond motifs is 2. The van der Waals surface area contributed by atoms with Gasteiger partial charge in [-0.2, -0.15) is 0 Å².